The molecule has 0 bridgehead atoms. The van der Waals surface area contributed by atoms with Crippen LogP contribution >= 0.6 is 11.8 Å². The number of aryl methyl sites for hydroxylation is 1. The number of rotatable bonds is 4. The predicted octanol–water partition coefficient (Wildman–Crippen LogP) is 3.19. The number of amides is 2. The minimum absolute atomic E-state index is 0.0840. The Bertz CT molecular complexity index is 1000. The Balaban J connectivity index is 1.79. The second-order valence-electron chi connectivity index (χ2n) is 7.13. The van der Waals surface area contributed by atoms with Gasteiger partial charge in [-0.1, -0.05) is 23.8 Å². The predicted molar refractivity (Wildman–Crippen MR) is 106 cm³/mol. The van der Waals surface area contributed by atoms with Crippen molar-refractivity contribution in [1.29, 1.82) is 0 Å². The van der Waals surface area contributed by atoms with E-state index in [-0.39, 0.29) is 25.0 Å². The van der Waals surface area contributed by atoms with Gasteiger partial charge in [-0.15, -0.1) is 11.8 Å². The van der Waals surface area contributed by atoms with Crippen molar-refractivity contribution in [3.63, 3.8) is 0 Å². The van der Waals surface area contributed by atoms with E-state index in [1.54, 1.807) is 9.80 Å². The van der Waals surface area contributed by atoms with E-state index in [4.69, 9.17) is 4.74 Å². The van der Waals surface area contributed by atoms with Gasteiger partial charge in [0.15, 0.2) is 16.5 Å². The Morgan fingerprint density at radius 1 is 1.21 bits per heavy atom. The number of benzene rings is 2. The Hall–Kier alpha value is -2.45. The van der Waals surface area contributed by atoms with Crippen LogP contribution < -0.4 is 4.90 Å². The SMILES string of the molecule is COCC(=O)N1CCS[C@@]12C(=O)N(Cc1ccc(F)c(F)c1)c1ccc(C)cc12. The number of ether oxygens (including phenoxy) is 1. The van der Waals surface area contributed by atoms with E-state index in [2.05, 4.69) is 0 Å². The lowest BCUT2D eigenvalue weighted by atomic mass is 10.0. The minimum atomic E-state index is -1.16. The number of methoxy groups -OCH3 is 1. The van der Waals surface area contributed by atoms with Gasteiger partial charge in [-0.25, -0.2) is 8.78 Å². The summed E-state index contributed by atoms with van der Waals surface area (Å²) in [4.78, 5) is 28.4. The molecule has 2 aromatic rings. The van der Waals surface area contributed by atoms with Crippen molar-refractivity contribution >= 4 is 29.3 Å². The number of nitrogens with zero attached hydrogens (tertiary/aromatic N) is 2. The lowest BCUT2D eigenvalue weighted by Crippen LogP contribution is -2.51. The summed E-state index contributed by atoms with van der Waals surface area (Å²) in [7, 11) is 1.44. The highest BCUT2D eigenvalue weighted by Gasteiger charge is 2.59. The average molecular weight is 418 g/mol. The molecule has 0 radical (unpaired) electrons. The zero-order valence-electron chi connectivity index (χ0n) is 16.1. The molecule has 8 heteroatoms. The fourth-order valence-corrected chi connectivity index (χ4v) is 5.43. The summed E-state index contributed by atoms with van der Waals surface area (Å²) in [5, 5.41) is 0. The fraction of sp³-hybridized carbons (Fsp3) is 0.333. The maximum Gasteiger partial charge on any atom is 0.268 e. The van der Waals surface area contributed by atoms with E-state index < -0.39 is 16.5 Å². The maximum atomic E-state index is 13.7. The van der Waals surface area contributed by atoms with E-state index in [9.17, 15) is 18.4 Å². The monoisotopic (exact) mass is 418 g/mol. The van der Waals surface area contributed by atoms with Gasteiger partial charge in [0.1, 0.15) is 6.61 Å². The van der Waals surface area contributed by atoms with Crippen LogP contribution in [0.2, 0.25) is 0 Å². The van der Waals surface area contributed by atoms with Gasteiger partial charge in [0, 0.05) is 25.0 Å². The number of halogens is 2. The Morgan fingerprint density at radius 3 is 2.72 bits per heavy atom. The van der Waals surface area contributed by atoms with E-state index in [0.29, 0.717) is 23.5 Å². The molecule has 2 aliphatic rings. The van der Waals surface area contributed by atoms with Crippen LogP contribution in [0.3, 0.4) is 0 Å². The van der Waals surface area contributed by atoms with Crippen LogP contribution in [0.4, 0.5) is 14.5 Å². The molecule has 29 heavy (non-hydrogen) atoms. The third-order valence-corrected chi connectivity index (χ3v) is 6.66. The number of carbonyl (C=O) groups excluding carboxylic acids is 2. The molecule has 0 unspecified atom stereocenters. The highest BCUT2D eigenvalue weighted by molar-refractivity contribution is 8.01. The lowest BCUT2D eigenvalue weighted by Gasteiger charge is -2.33. The minimum Gasteiger partial charge on any atom is -0.375 e. The van der Waals surface area contributed by atoms with E-state index in [1.165, 1.54) is 24.9 Å². The summed E-state index contributed by atoms with van der Waals surface area (Å²) in [5.74, 6) is -1.78. The Labute approximate surface area is 171 Å². The molecule has 0 aromatic heterocycles. The molecular formula is C21H20F2N2O3S. The van der Waals surface area contributed by atoms with Gasteiger partial charge < -0.3 is 14.5 Å². The highest BCUT2D eigenvalue weighted by Crippen LogP contribution is 2.54. The quantitative estimate of drug-likeness (QED) is 0.765. The van der Waals surface area contributed by atoms with Crippen molar-refractivity contribution in [2.75, 3.05) is 30.9 Å². The zero-order valence-corrected chi connectivity index (χ0v) is 16.9. The summed E-state index contributed by atoms with van der Waals surface area (Å²) in [6.07, 6.45) is 0. The second kappa shape index (κ2) is 7.42. The molecule has 0 aliphatic carbocycles. The van der Waals surface area contributed by atoms with Crippen LogP contribution in [0.5, 0.6) is 0 Å². The number of thioether (sulfide) groups is 1. The standard InChI is InChI=1S/C21H20F2N2O3S/c1-13-3-6-18-15(9-13)21(25(7-8-29-21)19(26)12-28-2)20(27)24(18)11-14-4-5-16(22)17(23)10-14/h3-6,9-10H,7-8,11-12H2,1-2H3/t21-/m0/s1. The fourth-order valence-electron chi connectivity index (χ4n) is 3.96. The zero-order chi connectivity index (χ0) is 20.8. The van der Waals surface area contributed by atoms with Gasteiger partial charge in [0.25, 0.3) is 5.91 Å². The van der Waals surface area contributed by atoms with Crippen molar-refractivity contribution in [2.24, 2.45) is 0 Å². The van der Waals surface area contributed by atoms with Crippen LogP contribution in [-0.2, 0) is 25.7 Å². The molecule has 1 fully saturated rings. The molecule has 1 spiro atoms. The van der Waals surface area contributed by atoms with Gasteiger partial charge in [0.05, 0.1) is 12.2 Å². The van der Waals surface area contributed by atoms with Crippen molar-refractivity contribution in [3.05, 3.63) is 64.7 Å². The van der Waals surface area contributed by atoms with Gasteiger partial charge in [-0.2, -0.15) is 0 Å². The normalized spacial score (nSPS) is 20.6. The number of carbonyl (C=O) groups is 2. The molecule has 2 heterocycles. The van der Waals surface area contributed by atoms with Crippen molar-refractivity contribution in [1.82, 2.24) is 4.90 Å². The van der Waals surface area contributed by atoms with Crippen molar-refractivity contribution in [3.8, 4) is 0 Å². The van der Waals surface area contributed by atoms with Gasteiger partial charge in [-0.05, 0) is 30.7 Å². The number of anilines is 1. The first kappa shape index (κ1) is 19.8. The first-order valence-corrected chi connectivity index (χ1v) is 10.2. The molecule has 2 amide bonds. The van der Waals surface area contributed by atoms with Crippen LogP contribution in [0.25, 0.3) is 0 Å². The largest absolute Gasteiger partial charge is 0.375 e. The molecule has 2 aromatic carbocycles. The first-order valence-electron chi connectivity index (χ1n) is 9.19. The lowest BCUT2D eigenvalue weighted by molar-refractivity contribution is -0.143. The van der Waals surface area contributed by atoms with Crippen LogP contribution in [0.1, 0.15) is 16.7 Å². The van der Waals surface area contributed by atoms with E-state index in [0.717, 1.165) is 23.3 Å². The van der Waals surface area contributed by atoms with E-state index in [1.807, 2.05) is 25.1 Å². The molecule has 2 aliphatic heterocycles. The topological polar surface area (TPSA) is 49.9 Å². The van der Waals surface area contributed by atoms with Gasteiger partial charge in [0.2, 0.25) is 5.91 Å². The molecule has 4 rings (SSSR count). The molecule has 1 saturated heterocycles. The number of hydrogen-bond donors (Lipinski definition) is 0. The van der Waals surface area contributed by atoms with Crippen molar-refractivity contribution in [2.45, 2.75) is 18.3 Å². The molecule has 152 valence electrons. The number of hydrogen-bond acceptors (Lipinski definition) is 4. The van der Waals surface area contributed by atoms with Crippen LogP contribution in [-0.4, -0.2) is 42.7 Å². The van der Waals surface area contributed by atoms with Crippen LogP contribution in [0.15, 0.2) is 36.4 Å². The number of fused-ring (bicyclic) bond motifs is 2. The summed E-state index contributed by atoms with van der Waals surface area (Å²) < 4.78 is 32.0. The summed E-state index contributed by atoms with van der Waals surface area (Å²) in [5.41, 5.74) is 2.86. The average Bonchev–Trinajstić information content (AvgIpc) is 3.22. The Kier molecular flexibility index (Phi) is 5.08. The van der Waals surface area contributed by atoms with Gasteiger partial charge in [-0.3, -0.25) is 9.59 Å². The molecular weight excluding hydrogens is 398 g/mol. The summed E-state index contributed by atoms with van der Waals surface area (Å²) >= 11 is 1.42. The summed E-state index contributed by atoms with van der Waals surface area (Å²) in [6, 6.07) is 9.26. The molecule has 0 saturated carbocycles. The maximum absolute atomic E-state index is 13.7. The van der Waals surface area contributed by atoms with Crippen LogP contribution in [0, 0.1) is 18.6 Å². The third kappa shape index (κ3) is 3.11. The highest BCUT2D eigenvalue weighted by atomic mass is 32.2. The van der Waals surface area contributed by atoms with Crippen molar-refractivity contribution < 1.29 is 23.1 Å². The molecule has 1 atom stereocenters. The molecule has 0 N–H and O–H groups in total. The third-order valence-electron chi connectivity index (χ3n) is 5.24. The first-order chi connectivity index (χ1) is 13.9. The summed E-state index contributed by atoms with van der Waals surface area (Å²) in [6.45, 7) is 2.34. The smallest absolute Gasteiger partial charge is 0.268 e. The Morgan fingerprint density at radius 2 is 2.00 bits per heavy atom. The molecule has 5 nitrogen and oxygen atoms in total. The van der Waals surface area contributed by atoms with Gasteiger partial charge >= 0.3 is 0 Å². The second-order valence-corrected chi connectivity index (χ2v) is 8.42. The van der Waals surface area contributed by atoms with E-state index >= 15 is 0 Å².